The molecule has 1 fully saturated rings. The van der Waals surface area contributed by atoms with Gasteiger partial charge in [0, 0.05) is 13.6 Å². The SMILES string of the molecule is CCCOc1ncnc(N2CCCC2C(=O)NC)c1N. The van der Waals surface area contributed by atoms with E-state index in [1.807, 2.05) is 11.8 Å². The van der Waals surface area contributed by atoms with Crippen molar-refractivity contribution >= 4 is 17.4 Å². The number of nitrogen functional groups attached to an aromatic ring is 1. The summed E-state index contributed by atoms with van der Waals surface area (Å²) in [5.41, 5.74) is 6.48. The molecule has 1 unspecified atom stereocenters. The summed E-state index contributed by atoms with van der Waals surface area (Å²) in [4.78, 5) is 22.1. The zero-order chi connectivity index (χ0) is 14.5. The summed E-state index contributed by atoms with van der Waals surface area (Å²) in [7, 11) is 1.64. The number of rotatable bonds is 5. The lowest BCUT2D eigenvalue weighted by Gasteiger charge is -2.25. The lowest BCUT2D eigenvalue weighted by Crippen LogP contribution is -2.42. The molecule has 0 aliphatic carbocycles. The predicted octanol–water partition coefficient (Wildman–Crippen LogP) is 0.562. The first kappa shape index (κ1) is 14.4. The largest absolute Gasteiger partial charge is 0.476 e. The second-order valence-corrected chi connectivity index (χ2v) is 4.73. The molecule has 110 valence electrons. The minimum absolute atomic E-state index is 0.0171. The zero-order valence-corrected chi connectivity index (χ0v) is 11.9. The van der Waals surface area contributed by atoms with Gasteiger partial charge in [-0.3, -0.25) is 4.79 Å². The Morgan fingerprint density at radius 2 is 2.40 bits per heavy atom. The highest BCUT2D eigenvalue weighted by Crippen LogP contribution is 2.32. The van der Waals surface area contributed by atoms with Crippen LogP contribution in [0.2, 0.25) is 0 Å². The van der Waals surface area contributed by atoms with E-state index in [1.165, 1.54) is 6.33 Å². The molecular weight excluding hydrogens is 258 g/mol. The van der Waals surface area contributed by atoms with Crippen LogP contribution < -0.4 is 20.7 Å². The Kier molecular flexibility index (Phi) is 4.60. The maximum atomic E-state index is 11.9. The van der Waals surface area contributed by atoms with Crippen LogP contribution in [0.4, 0.5) is 11.5 Å². The van der Waals surface area contributed by atoms with Crippen molar-refractivity contribution in [2.75, 3.05) is 30.8 Å². The average Bonchev–Trinajstić information content (AvgIpc) is 2.94. The highest BCUT2D eigenvalue weighted by molar-refractivity contribution is 5.86. The van der Waals surface area contributed by atoms with Crippen molar-refractivity contribution in [1.29, 1.82) is 0 Å². The van der Waals surface area contributed by atoms with Crippen LogP contribution in [0.5, 0.6) is 5.88 Å². The molecule has 20 heavy (non-hydrogen) atoms. The van der Waals surface area contributed by atoms with Crippen molar-refractivity contribution in [3.05, 3.63) is 6.33 Å². The van der Waals surface area contributed by atoms with Gasteiger partial charge in [-0.2, -0.15) is 4.98 Å². The number of nitrogens with two attached hydrogens (primary N) is 1. The summed E-state index contributed by atoms with van der Waals surface area (Å²) in [6, 6.07) is -0.226. The third-order valence-corrected chi connectivity index (χ3v) is 3.34. The van der Waals surface area contributed by atoms with Crippen LogP contribution >= 0.6 is 0 Å². The van der Waals surface area contributed by atoms with E-state index in [9.17, 15) is 4.79 Å². The molecule has 0 spiro atoms. The second-order valence-electron chi connectivity index (χ2n) is 4.73. The van der Waals surface area contributed by atoms with Crippen molar-refractivity contribution in [3.8, 4) is 5.88 Å². The Morgan fingerprint density at radius 3 is 3.10 bits per heavy atom. The van der Waals surface area contributed by atoms with Gasteiger partial charge in [0.25, 0.3) is 0 Å². The fourth-order valence-corrected chi connectivity index (χ4v) is 2.37. The number of hydrogen-bond donors (Lipinski definition) is 2. The summed E-state index contributed by atoms with van der Waals surface area (Å²) < 4.78 is 5.50. The molecular formula is C13H21N5O2. The zero-order valence-electron chi connectivity index (χ0n) is 11.9. The fraction of sp³-hybridized carbons (Fsp3) is 0.615. The van der Waals surface area contributed by atoms with Crippen LogP contribution in [-0.4, -0.2) is 42.1 Å². The number of likely N-dealkylation sites (N-methyl/N-ethyl adjacent to an activating group) is 1. The molecule has 1 aromatic rings. The van der Waals surface area contributed by atoms with Gasteiger partial charge in [0.15, 0.2) is 5.82 Å². The molecule has 3 N–H and O–H groups in total. The van der Waals surface area contributed by atoms with E-state index in [-0.39, 0.29) is 11.9 Å². The van der Waals surface area contributed by atoms with Crippen molar-refractivity contribution in [2.45, 2.75) is 32.2 Å². The van der Waals surface area contributed by atoms with Crippen LogP contribution in [0.25, 0.3) is 0 Å². The van der Waals surface area contributed by atoms with Crippen molar-refractivity contribution in [2.24, 2.45) is 0 Å². The fourth-order valence-electron chi connectivity index (χ4n) is 2.37. The average molecular weight is 279 g/mol. The van der Waals surface area contributed by atoms with E-state index in [0.29, 0.717) is 24.0 Å². The molecule has 2 heterocycles. The Morgan fingerprint density at radius 1 is 1.60 bits per heavy atom. The third-order valence-electron chi connectivity index (χ3n) is 3.34. The molecule has 1 saturated heterocycles. The molecule has 7 nitrogen and oxygen atoms in total. The Bertz CT molecular complexity index is 480. The number of amides is 1. The maximum Gasteiger partial charge on any atom is 0.242 e. The first-order chi connectivity index (χ1) is 9.69. The Hall–Kier alpha value is -2.05. The molecule has 1 aromatic heterocycles. The number of aromatic nitrogens is 2. The summed E-state index contributed by atoms with van der Waals surface area (Å²) in [5.74, 6) is 0.952. The van der Waals surface area contributed by atoms with E-state index in [1.54, 1.807) is 7.05 Å². The van der Waals surface area contributed by atoms with Crippen LogP contribution in [0, 0.1) is 0 Å². The van der Waals surface area contributed by atoms with Crippen molar-refractivity contribution in [1.82, 2.24) is 15.3 Å². The van der Waals surface area contributed by atoms with E-state index in [2.05, 4.69) is 15.3 Å². The second kappa shape index (κ2) is 6.40. The number of anilines is 2. The molecule has 0 radical (unpaired) electrons. The van der Waals surface area contributed by atoms with Gasteiger partial charge in [-0.25, -0.2) is 4.98 Å². The third kappa shape index (κ3) is 2.76. The minimum atomic E-state index is -0.226. The lowest BCUT2D eigenvalue weighted by molar-refractivity contribution is -0.121. The molecule has 0 saturated carbocycles. The monoisotopic (exact) mass is 279 g/mol. The molecule has 0 aromatic carbocycles. The summed E-state index contributed by atoms with van der Waals surface area (Å²) in [5, 5.41) is 2.68. The van der Waals surface area contributed by atoms with Crippen molar-refractivity contribution < 1.29 is 9.53 Å². The normalized spacial score (nSPS) is 18.1. The lowest BCUT2D eigenvalue weighted by atomic mass is 10.2. The highest BCUT2D eigenvalue weighted by atomic mass is 16.5. The molecule has 7 heteroatoms. The Balaban J connectivity index is 2.25. The van der Waals surface area contributed by atoms with Gasteiger partial charge in [0.05, 0.1) is 6.61 Å². The molecule has 1 aliphatic rings. The smallest absolute Gasteiger partial charge is 0.242 e. The summed E-state index contributed by atoms with van der Waals surface area (Å²) in [6.07, 6.45) is 4.04. The summed E-state index contributed by atoms with van der Waals surface area (Å²) in [6.45, 7) is 3.33. The molecule has 2 rings (SSSR count). The van der Waals surface area contributed by atoms with Gasteiger partial charge < -0.3 is 20.7 Å². The number of carbonyl (C=O) groups excluding carboxylic acids is 1. The summed E-state index contributed by atoms with van der Waals surface area (Å²) >= 11 is 0. The number of ether oxygens (including phenoxy) is 1. The van der Waals surface area contributed by atoms with Gasteiger partial charge in [-0.05, 0) is 19.3 Å². The number of nitrogens with zero attached hydrogens (tertiary/aromatic N) is 3. The maximum absolute atomic E-state index is 11.9. The minimum Gasteiger partial charge on any atom is -0.476 e. The Labute approximate surface area is 118 Å². The molecule has 1 aliphatic heterocycles. The molecule has 1 amide bonds. The standard InChI is InChI=1S/C13H21N5O2/c1-3-7-20-13-10(14)11(16-8-17-13)18-6-4-5-9(18)12(19)15-2/h8-9H,3-7,14H2,1-2H3,(H,15,19). The first-order valence-corrected chi connectivity index (χ1v) is 6.90. The van der Waals surface area contributed by atoms with E-state index in [0.717, 1.165) is 25.8 Å². The topological polar surface area (TPSA) is 93.4 Å². The van der Waals surface area contributed by atoms with Gasteiger partial charge in [-0.15, -0.1) is 0 Å². The van der Waals surface area contributed by atoms with E-state index >= 15 is 0 Å². The number of carbonyl (C=O) groups is 1. The van der Waals surface area contributed by atoms with Crippen LogP contribution in [0.15, 0.2) is 6.33 Å². The van der Waals surface area contributed by atoms with E-state index in [4.69, 9.17) is 10.5 Å². The quantitative estimate of drug-likeness (QED) is 0.818. The highest BCUT2D eigenvalue weighted by Gasteiger charge is 2.32. The molecule has 1 atom stereocenters. The van der Waals surface area contributed by atoms with E-state index < -0.39 is 0 Å². The van der Waals surface area contributed by atoms with Gasteiger partial charge in [0.1, 0.15) is 18.1 Å². The van der Waals surface area contributed by atoms with Crippen LogP contribution in [-0.2, 0) is 4.79 Å². The first-order valence-electron chi connectivity index (χ1n) is 6.90. The van der Waals surface area contributed by atoms with Gasteiger partial charge in [-0.1, -0.05) is 6.92 Å². The van der Waals surface area contributed by atoms with Gasteiger partial charge in [0.2, 0.25) is 11.8 Å². The molecule has 0 bridgehead atoms. The number of nitrogens with one attached hydrogen (secondary N) is 1. The number of hydrogen-bond acceptors (Lipinski definition) is 6. The van der Waals surface area contributed by atoms with Gasteiger partial charge >= 0.3 is 0 Å². The van der Waals surface area contributed by atoms with Crippen LogP contribution in [0.1, 0.15) is 26.2 Å². The van der Waals surface area contributed by atoms with Crippen LogP contribution in [0.3, 0.4) is 0 Å². The van der Waals surface area contributed by atoms with Crippen molar-refractivity contribution in [3.63, 3.8) is 0 Å². The predicted molar refractivity (Wildman–Crippen MR) is 76.7 cm³/mol.